The first kappa shape index (κ1) is 20.5. The minimum absolute atomic E-state index is 0.266. The first-order chi connectivity index (χ1) is 16.6. The molecule has 0 radical (unpaired) electrons. The van der Waals surface area contributed by atoms with Gasteiger partial charge in [-0.2, -0.15) is 5.10 Å². The number of hydrogen-bond donors (Lipinski definition) is 0. The molecule has 0 spiro atoms. The van der Waals surface area contributed by atoms with Crippen LogP contribution in [0.4, 0.5) is 5.69 Å². The number of allylic oxidation sites excluding steroid dienone is 1. The molecule has 4 heterocycles. The molecule has 9 nitrogen and oxygen atoms in total. The molecule has 0 unspecified atom stereocenters. The average Bonchev–Trinajstić information content (AvgIpc) is 3.35. The van der Waals surface area contributed by atoms with E-state index in [1.54, 1.807) is 66.9 Å². The number of ether oxygens (including phenoxy) is 3. The van der Waals surface area contributed by atoms with Gasteiger partial charge in [0.05, 0.1) is 30.7 Å². The van der Waals surface area contributed by atoms with E-state index in [2.05, 4.69) is 5.10 Å². The topological polar surface area (TPSA) is 97.7 Å². The van der Waals surface area contributed by atoms with Crippen LogP contribution in [-0.4, -0.2) is 61.2 Å². The second kappa shape index (κ2) is 7.72. The fourth-order valence-corrected chi connectivity index (χ4v) is 5.19. The van der Waals surface area contributed by atoms with Gasteiger partial charge in [0.25, 0.3) is 0 Å². The molecule has 9 heteroatoms. The first-order valence-electron chi connectivity index (χ1n) is 11.0. The predicted octanol–water partition coefficient (Wildman–Crippen LogP) is 2.06. The van der Waals surface area contributed by atoms with Gasteiger partial charge in [-0.3, -0.25) is 19.4 Å². The number of fused-ring (bicyclic) bond motifs is 4. The molecule has 34 heavy (non-hydrogen) atoms. The maximum atomic E-state index is 13.7. The third-order valence-corrected chi connectivity index (χ3v) is 6.72. The van der Waals surface area contributed by atoms with Gasteiger partial charge in [-0.15, -0.1) is 0 Å². The molecule has 0 saturated carbocycles. The van der Waals surface area contributed by atoms with E-state index in [4.69, 9.17) is 14.2 Å². The first-order valence-corrected chi connectivity index (χ1v) is 11.0. The molecule has 4 atom stereocenters. The zero-order chi connectivity index (χ0) is 23.4. The quantitative estimate of drug-likeness (QED) is 0.510. The minimum atomic E-state index is -0.900. The summed E-state index contributed by atoms with van der Waals surface area (Å²) in [5.41, 5.74) is 0.826. The summed E-state index contributed by atoms with van der Waals surface area (Å²) in [7, 11) is 1.55. The normalized spacial score (nSPS) is 26.5. The molecule has 2 saturated heterocycles. The molecule has 2 aromatic carbocycles. The van der Waals surface area contributed by atoms with Crippen molar-refractivity contribution >= 4 is 29.5 Å². The minimum Gasteiger partial charge on any atom is -0.497 e. The number of rotatable bonds is 4. The van der Waals surface area contributed by atoms with Crippen LogP contribution >= 0.6 is 0 Å². The van der Waals surface area contributed by atoms with Crippen molar-refractivity contribution in [3.8, 4) is 17.2 Å². The molecule has 6 rings (SSSR count). The zero-order valence-electron chi connectivity index (χ0n) is 18.3. The number of nitrogens with zero attached hydrogens (tertiary/aromatic N) is 3. The number of hydrazone groups is 1. The Bertz CT molecular complexity index is 1250. The highest BCUT2D eigenvalue weighted by atomic mass is 16.6. The number of amides is 2. The largest absolute Gasteiger partial charge is 0.497 e. The van der Waals surface area contributed by atoms with Crippen LogP contribution in [0.2, 0.25) is 0 Å². The summed E-state index contributed by atoms with van der Waals surface area (Å²) < 4.78 is 16.4. The monoisotopic (exact) mass is 459 g/mol. The highest BCUT2D eigenvalue weighted by Gasteiger charge is 2.64. The Labute approximate surface area is 195 Å². The average molecular weight is 459 g/mol. The predicted molar refractivity (Wildman–Crippen MR) is 121 cm³/mol. The van der Waals surface area contributed by atoms with Crippen molar-refractivity contribution in [3.05, 3.63) is 60.2 Å². The third-order valence-electron chi connectivity index (χ3n) is 6.72. The molecule has 2 aromatic rings. The third kappa shape index (κ3) is 2.93. The number of ketones is 1. The van der Waals surface area contributed by atoms with E-state index in [-0.39, 0.29) is 11.7 Å². The summed E-state index contributed by atoms with van der Waals surface area (Å²) in [6, 6.07) is 10.3. The fourth-order valence-electron chi connectivity index (χ4n) is 5.19. The summed E-state index contributed by atoms with van der Waals surface area (Å²) in [6.07, 6.45) is 5.13. The maximum Gasteiger partial charge on any atom is 0.240 e. The number of carbonyl (C=O) groups is 3. The van der Waals surface area contributed by atoms with E-state index in [9.17, 15) is 14.4 Å². The summed E-state index contributed by atoms with van der Waals surface area (Å²) in [5, 5.41) is 5.97. The Kier molecular flexibility index (Phi) is 4.65. The molecular weight excluding hydrogens is 438 g/mol. The molecule has 4 aliphatic rings. The van der Waals surface area contributed by atoms with Crippen molar-refractivity contribution in [2.75, 3.05) is 25.2 Å². The number of carbonyl (C=O) groups excluding carboxylic acids is 3. The van der Waals surface area contributed by atoms with Gasteiger partial charge in [0, 0.05) is 17.8 Å². The Morgan fingerprint density at radius 3 is 2.50 bits per heavy atom. The lowest BCUT2D eigenvalue weighted by atomic mass is 9.86. The number of Topliss-reactive ketones (excluding diaryl/α,β-unsaturated/α-hetero) is 1. The van der Waals surface area contributed by atoms with Gasteiger partial charge in [-0.25, -0.2) is 4.90 Å². The van der Waals surface area contributed by atoms with E-state index in [0.29, 0.717) is 41.7 Å². The van der Waals surface area contributed by atoms with Gasteiger partial charge < -0.3 is 14.2 Å². The Hall–Kier alpha value is -4.14. The second-order valence-electron chi connectivity index (χ2n) is 8.45. The van der Waals surface area contributed by atoms with Crippen LogP contribution in [0.25, 0.3) is 0 Å². The van der Waals surface area contributed by atoms with Gasteiger partial charge in [-0.05, 0) is 42.5 Å². The number of benzene rings is 2. The van der Waals surface area contributed by atoms with Crippen LogP contribution in [-0.2, 0) is 9.59 Å². The lowest BCUT2D eigenvalue weighted by Gasteiger charge is -2.30. The molecular formula is C25H21N3O6. The van der Waals surface area contributed by atoms with Crippen LogP contribution in [0.5, 0.6) is 17.2 Å². The van der Waals surface area contributed by atoms with Crippen molar-refractivity contribution < 1.29 is 28.6 Å². The SMILES string of the molecule is COc1ccc(C(=O)[C@H]2[C@@H]3C(=O)N(c4ccc5c(c4)OCCO5)C(=O)[C@@H]3[C@H]3C=CC=NN32)cc1. The summed E-state index contributed by atoms with van der Waals surface area (Å²) >= 11 is 0. The van der Waals surface area contributed by atoms with Crippen LogP contribution in [0.1, 0.15) is 10.4 Å². The van der Waals surface area contributed by atoms with Gasteiger partial charge in [0.2, 0.25) is 11.8 Å². The van der Waals surface area contributed by atoms with Crippen molar-refractivity contribution in [2.45, 2.75) is 12.1 Å². The number of anilines is 1. The van der Waals surface area contributed by atoms with Crippen molar-refractivity contribution in [1.82, 2.24) is 5.01 Å². The summed E-state index contributed by atoms with van der Waals surface area (Å²) in [4.78, 5) is 42.1. The van der Waals surface area contributed by atoms with Gasteiger partial charge >= 0.3 is 0 Å². The number of imide groups is 1. The smallest absolute Gasteiger partial charge is 0.240 e. The van der Waals surface area contributed by atoms with Crippen molar-refractivity contribution in [2.24, 2.45) is 16.9 Å². The van der Waals surface area contributed by atoms with Crippen molar-refractivity contribution in [1.29, 1.82) is 0 Å². The molecule has 172 valence electrons. The molecule has 0 aliphatic carbocycles. The molecule has 0 bridgehead atoms. The molecule has 2 fully saturated rings. The number of methoxy groups -OCH3 is 1. The van der Waals surface area contributed by atoms with Crippen LogP contribution in [0.3, 0.4) is 0 Å². The molecule has 0 N–H and O–H groups in total. The Morgan fingerprint density at radius 1 is 1.00 bits per heavy atom. The maximum absolute atomic E-state index is 13.7. The van der Waals surface area contributed by atoms with Crippen molar-refractivity contribution in [3.63, 3.8) is 0 Å². The van der Waals surface area contributed by atoms with Crippen LogP contribution < -0.4 is 19.1 Å². The zero-order valence-corrected chi connectivity index (χ0v) is 18.3. The van der Waals surface area contributed by atoms with E-state index in [0.717, 1.165) is 0 Å². The van der Waals surface area contributed by atoms with E-state index < -0.39 is 29.8 Å². The molecule has 0 aromatic heterocycles. The van der Waals surface area contributed by atoms with Gasteiger partial charge in [0.15, 0.2) is 17.3 Å². The van der Waals surface area contributed by atoms with Crippen LogP contribution in [0, 0.1) is 11.8 Å². The van der Waals surface area contributed by atoms with Crippen LogP contribution in [0.15, 0.2) is 59.7 Å². The lowest BCUT2D eigenvalue weighted by molar-refractivity contribution is -0.123. The van der Waals surface area contributed by atoms with E-state index in [1.807, 2.05) is 6.08 Å². The Morgan fingerprint density at radius 2 is 1.74 bits per heavy atom. The highest BCUT2D eigenvalue weighted by molar-refractivity contribution is 6.24. The van der Waals surface area contributed by atoms with Gasteiger partial charge in [-0.1, -0.05) is 6.08 Å². The summed E-state index contributed by atoms with van der Waals surface area (Å²) in [5.74, 6) is -0.951. The molecule has 4 aliphatic heterocycles. The molecule has 2 amide bonds. The van der Waals surface area contributed by atoms with Gasteiger partial charge in [0.1, 0.15) is 25.0 Å². The summed E-state index contributed by atoms with van der Waals surface area (Å²) in [6.45, 7) is 0.833. The standard InChI is InChI=1S/C25H21N3O6/c1-32-16-7-4-14(5-8-16)23(29)22-21-20(17-3-2-10-26-28(17)22)24(30)27(25(21)31)15-6-9-18-19(13-15)34-12-11-33-18/h2-10,13,17,20-22H,11-12H2,1H3/t17-,20-,21-,22-/m1/s1. The van der Waals surface area contributed by atoms with E-state index in [1.165, 1.54) is 4.90 Å². The van der Waals surface area contributed by atoms with E-state index >= 15 is 0 Å². The number of hydrogen-bond acceptors (Lipinski definition) is 8. The Balaban J connectivity index is 1.38. The second-order valence-corrected chi connectivity index (χ2v) is 8.45. The highest BCUT2D eigenvalue weighted by Crippen LogP contribution is 2.47. The fraction of sp³-hybridized carbons (Fsp3) is 0.280. The lowest BCUT2D eigenvalue weighted by Crippen LogP contribution is -2.46.